The van der Waals surface area contributed by atoms with Crippen LogP contribution in [0.4, 0.5) is 0 Å². The smallest absolute Gasteiger partial charge is 0.250 e. The normalized spacial score (nSPS) is 16.4. The quantitative estimate of drug-likeness (QED) is 0.334. The number of carbonyl (C=O) groups is 1. The lowest BCUT2D eigenvalue weighted by molar-refractivity contribution is -0.138. The molecule has 186 valence electrons. The SMILES string of the molecule is C=C(C)/C(C)=C\c1c(C)ncn(C(C(=O)N2CCC(O)(c3ccccc3)CC2)c2ccccc2)c1=S. The van der Waals surface area contributed by atoms with Crippen LogP contribution in [0.25, 0.3) is 6.08 Å². The van der Waals surface area contributed by atoms with Gasteiger partial charge in [-0.05, 0) is 56.4 Å². The first-order chi connectivity index (χ1) is 17.2. The highest BCUT2D eigenvalue weighted by atomic mass is 32.1. The molecule has 1 unspecified atom stereocenters. The van der Waals surface area contributed by atoms with Crippen LogP contribution in [0.5, 0.6) is 0 Å². The first kappa shape index (κ1) is 25.7. The second-order valence-electron chi connectivity index (χ2n) is 9.60. The van der Waals surface area contributed by atoms with Crippen LogP contribution in [0.1, 0.15) is 55.1 Å². The first-order valence-corrected chi connectivity index (χ1v) is 12.7. The summed E-state index contributed by atoms with van der Waals surface area (Å²) < 4.78 is 2.36. The molecule has 1 fully saturated rings. The number of hydrogen-bond donors (Lipinski definition) is 1. The molecule has 6 heteroatoms. The van der Waals surface area contributed by atoms with E-state index < -0.39 is 11.6 Å². The predicted molar refractivity (Wildman–Crippen MR) is 147 cm³/mol. The third kappa shape index (κ3) is 5.25. The number of carbonyl (C=O) groups excluding carboxylic acids is 1. The lowest BCUT2D eigenvalue weighted by atomic mass is 9.84. The van der Waals surface area contributed by atoms with Crippen molar-refractivity contribution in [2.45, 2.75) is 45.3 Å². The Bertz CT molecular complexity index is 1340. The Balaban J connectivity index is 1.70. The van der Waals surface area contributed by atoms with Crippen molar-refractivity contribution in [1.82, 2.24) is 14.5 Å². The number of rotatable bonds is 6. The number of nitrogens with zero attached hydrogens (tertiary/aromatic N) is 3. The summed E-state index contributed by atoms with van der Waals surface area (Å²) >= 11 is 5.92. The highest BCUT2D eigenvalue weighted by Crippen LogP contribution is 2.34. The molecule has 0 saturated carbocycles. The zero-order valence-electron chi connectivity index (χ0n) is 21.1. The second-order valence-corrected chi connectivity index (χ2v) is 9.99. The number of piperidine rings is 1. The van der Waals surface area contributed by atoms with Gasteiger partial charge in [0, 0.05) is 24.3 Å². The predicted octanol–water partition coefficient (Wildman–Crippen LogP) is 6.00. The highest BCUT2D eigenvalue weighted by molar-refractivity contribution is 7.71. The van der Waals surface area contributed by atoms with Crippen molar-refractivity contribution in [3.05, 3.63) is 112 Å². The molecule has 36 heavy (non-hydrogen) atoms. The van der Waals surface area contributed by atoms with Crippen molar-refractivity contribution in [2.24, 2.45) is 0 Å². The monoisotopic (exact) mass is 499 g/mol. The van der Waals surface area contributed by atoms with E-state index in [4.69, 9.17) is 12.2 Å². The zero-order chi connectivity index (χ0) is 25.9. The van der Waals surface area contributed by atoms with Crippen molar-refractivity contribution in [1.29, 1.82) is 0 Å². The van der Waals surface area contributed by atoms with Gasteiger partial charge in [0.1, 0.15) is 10.7 Å². The number of aryl methyl sites for hydroxylation is 1. The van der Waals surface area contributed by atoms with Gasteiger partial charge < -0.3 is 14.6 Å². The van der Waals surface area contributed by atoms with Crippen LogP contribution >= 0.6 is 12.2 Å². The Hall–Kier alpha value is -3.35. The Kier molecular flexibility index (Phi) is 7.67. The summed E-state index contributed by atoms with van der Waals surface area (Å²) in [6.07, 6.45) is 4.63. The summed E-state index contributed by atoms with van der Waals surface area (Å²) in [6, 6.07) is 18.7. The molecule has 1 atom stereocenters. The van der Waals surface area contributed by atoms with E-state index in [1.54, 1.807) is 10.9 Å². The molecular weight excluding hydrogens is 466 g/mol. The van der Waals surface area contributed by atoms with Gasteiger partial charge in [0.05, 0.1) is 11.9 Å². The minimum Gasteiger partial charge on any atom is -0.385 e. The molecule has 1 aromatic heterocycles. The second kappa shape index (κ2) is 10.7. The summed E-state index contributed by atoms with van der Waals surface area (Å²) in [5.74, 6) is -0.0513. The summed E-state index contributed by atoms with van der Waals surface area (Å²) in [5.41, 5.74) is 4.41. The van der Waals surface area contributed by atoms with Gasteiger partial charge in [0.15, 0.2) is 0 Å². The van der Waals surface area contributed by atoms with E-state index in [0.717, 1.165) is 33.5 Å². The van der Waals surface area contributed by atoms with Gasteiger partial charge in [-0.1, -0.05) is 85.0 Å². The molecule has 1 saturated heterocycles. The van der Waals surface area contributed by atoms with E-state index in [9.17, 15) is 9.90 Å². The molecule has 3 aromatic rings. The van der Waals surface area contributed by atoms with E-state index in [2.05, 4.69) is 11.6 Å². The molecule has 4 rings (SSSR count). The standard InChI is InChI=1S/C30H33N3O2S/c1-21(2)22(3)19-26-23(4)31-20-33(29(26)36)27(24-11-7-5-8-12-24)28(34)32-17-15-30(35,16-18-32)25-13-9-6-10-14-25/h5-14,19-20,27,35H,1,15-18H2,2-4H3/b22-19-. The third-order valence-electron chi connectivity index (χ3n) is 7.11. The van der Waals surface area contributed by atoms with Crippen LogP contribution in [-0.2, 0) is 10.4 Å². The Morgan fingerprint density at radius 2 is 1.67 bits per heavy atom. The lowest BCUT2D eigenvalue weighted by Crippen LogP contribution is -2.47. The fraction of sp³-hybridized carbons (Fsp3) is 0.300. The topological polar surface area (TPSA) is 58.4 Å². The number of aromatic nitrogens is 2. The first-order valence-electron chi connectivity index (χ1n) is 12.2. The number of allylic oxidation sites excluding steroid dienone is 2. The molecule has 1 aliphatic rings. The van der Waals surface area contributed by atoms with E-state index in [1.807, 2.05) is 92.4 Å². The Labute approximate surface area is 218 Å². The van der Waals surface area contributed by atoms with E-state index in [0.29, 0.717) is 30.6 Å². The fourth-order valence-electron chi connectivity index (χ4n) is 4.62. The maximum Gasteiger partial charge on any atom is 0.250 e. The zero-order valence-corrected chi connectivity index (χ0v) is 22.0. The largest absolute Gasteiger partial charge is 0.385 e. The lowest BCUT2D eigenvalue weighted by Gasteiger charge is -2.40. The number of benzene rings is 2. The third-order valence-corrected chi connectivity index (χ3v) is 7.54. The van der Waals surface area contributed by atoms with Gasteiger partial charge >= 0.3 is 0 Å². The van der Waals surface area contributed by atoms with Gasteiger partial charge in [-0.25, -0.2) is 4.98 Å². The van der Waals surface area contributed by atoms with Crippen molar-refractivity contribution >= 4 is 24.2 Å². The van der Waals surface area contributed by atoms with Gasteiger partial charge in [-0.15, -0.1) is 0 Å². The van der Waals surface area contributed by atoms with E-state index in [-0.39, 0.29) is 5.91 Å². The Morgan fingerprint density at radius 1 is 1.08 bits per heavy atom. The van der Waals surface area contributed by atoms with Gasteiger partial charge in [0.25, 0.3) is 0 Å². The van der Waals surface area contributed by atoms with Crippen molar-refractivity contribution < 1.29 is 9.90 Å². The van der Waals surface area contributed by atoms with Crippen LogP contribution in [0.15, 0.2) is 84.7 Å². The molecule has 0 aliphatic carbocycles. The molecule has 1 aliphatic heterocycles. The van der Waals surface area contributed by atoms with Crippen LogP contribution in [0, 0.1) is 11.6 Å². The van der Waals surface area contributed by atoms with Crippen LogP contribution in [0.2, 0.25) is 0 Å². The molecule has 5 nitrogen and oxygen atoms in total. The maximum atomic E-state index is 14.0. The van der Waals surface area contributed by atoms with E-state index >= 15 is 0 Å². The molecular formula is C30H33N3O2S. The maximum absolute atomic E-state index is 14.0. The van der Waals surface area contributed by atoms with Crippen molar-refractivity contribution in [2.75, 3.05) is 13.1 Å². The average molecular weight is 500 g/mol. The molecule has 1 amide bonds. The number of amides is 1. The fourth-order valence-corrected chi connectivity index (χ4v) is 4.98. The summed E-state index contributed by atoms with van der Waals surface area (Å²) in [7, 11) is 0. The Morgan fingerprint density at radius 3 is 2.25 bits per heavy atom. The van der Waals surface area contributed by atoms with Gasteiger partial charge in [0.2, 0.25) is 5.91 Å². The minimum atomic E-state index is -0.930. The number of likely N-dealkylation sites (tertiary alicyclic amines) is 1. The molecule has 0 radical (unpaired) electrons. The molecule has 2 aromatic carbocycles. The van der Waals surface area contributed by atoms with E-state index in [1.165, 1.54) is 0 Å². The van der Waals surface area contributed by atoms with Crippen LogP contribution in [0.3, 0.4) is 0 Å². The molecule has 1 N–H and O–H groups in total. The number of aliphatic hydroxyl groups is 1. The molecule has 0 spiro atoms. The minimum absolute atomic E-state index is 0.0513. The summed E-state index contributed by atoms with van der Waals surface area (Å²) in [6.45, 7) is 10.8. The average Bonchev–Trinajstić information content (AvgIpc) is 2.89. The summed E-state index contributed by atoms with van der Waals surface area (Å²) in [4.78, 5) is 20.5. The van der Waals surface area contributed by atoms with Crippen molar-refractivity contribution in [3.8, 4) is 0 Å². The van der Waals surface area contributed by atoms with Crippen LogP contribution in [-0.4, -0.2) is 38.6 Å². The molecule has 0 bridgehead atoms. The van der Waals surface area contributed by atoms with Gasteiger partial charge in [-0.3, -0.25) is 4.79 Å². The van der Waals surface area contributed by atoms with Crippen molar-refractivity contribution in [3.63, 3.8) is 0 Å². The number of hydrogen-bond acceptors (Lipinski definition) is 4. The molecule has 2 heterocycles. The highest BCUT2D eigenvalue weighted by Gasteiger charge is 2.37. The summed E-state index contributed by atoms with van der Waals surface area (Å²) in [5, 5.41) is 11.3. The van der Waals surface area contributed by atoms with Crippen LogP contribution < -0.4 is 0 Å². The van der Waals surface area contributed by atoms with Gasteiger partial charge in [-0.2, -0.15) is 0 Å².